The second-order valence-corrected chi connectivity index (χ2v) is 3.95. The Morgan fingerprint density at radius 3 is 2.72 bits per heavy atom. The molecular weight excluding hydrogens is 234 g/mol. The van der Waals surface area contributed by atoms with Crippen LogP contribution in [0, 0.1) is 0 Å². The van der Waals surface area contributed by atoms with E-state index in [-0.39, 0.29) is 5.56 Å². The molecule has 0 saturated carbocycles. The number of benzene rings is 1. The molecular formula is C12H15N3O3. The quantitative estimate of drug-likeness (QED) is 0.827. The van der Waals surface area contributed by atoms with Crippen LogP contribution in [0.4, 0.5) is 0 Å². The number of nitrogens with one attached hydrogen (secondary N) is 2. The molecule has 1 atom stereocenters. The van der Waals surface area contributed by atoms with Crippen LogP contribution in [0.2, 0.25) is 0 Å². The summed E-state index contributed by atoms with van der Waals surface area (Å²) in [6.45, 7) is 1.73. The van der Waals surface area contributed by atoms with Gasteiger partial charge in [-0.2, -0.15) is 0 Å². The van der Waals surface area contributed by atoms with E-state index in [4.69, 9.17) is 4.74 Å². The summed E-state index contributed by atoms with van der Waals surface area (Å²) in [6, 6.07) is 5.09. The number of nitrogens with zero attached hydrogens (tertiary/aromatic N) is 1. The fourth-order valence-electron chi connectivity index (χ4n) is 1.89. The Morgan fingerprint density at radius 1 is 1.39 bits per heavy atom. The fourth-order valence-corrected chi connectivity index (χ4v) is 1.89. The number of fused-ring (bicyclic) bond motifs is 1. The van der Waals surface area contributed by atoms with Crippen molar-refractivity contribution in [2.75, 3.05) is 14.2 Å². The van der Waals surface area contributed by atoms with Gasteiger partial charge in [-0.05, 0) is 26.1 Å². The van der Waals surface area contributed by atoms with E-state index in [1.165, 1.54) is 7.11 Å². The van der Waals surface area contributed by atoms with E-state index in [2.05, 4.69) is 10.3 Å². The van der Waals surface area contributed by atoms with Gasteiger partial charge in [-0.1, -0.05) is 6.07 Å². The number of ether oxygens (including phenoxy) is 1. The molecule has 0 aliphatic carbocycles. The second kappa shape index (κ2) is 4.66. The SMILES string of the molecule is CNC(C)n1c(=O)[nH]c2cccc(OC)c2c1=O. The standard InChI is InChI=1S/C12H15N3O3/c1-7(13-2)15-11(16)10-8(14-12(15)17)5-4-6-9(10)18-3/h4-7,13H,1-3H3,(H,14,17). The third kappa shape index (κ3) is 1.80. The van der Waals surface area contributed by atoms with Crippen LogP contribution in [-0.2, 0) is 0 Å². The lowest BCUT2D eigenvalue weighted by Gasteiger charge is -2.14. The number of rotatable bonds is 3. The zero-order valence-corrected chi connectivity index (χ0v) is 10.5. The number of hydrogen-bond acceptors (Lipinski definition) is 4. The van der Waals surface area contributed by atoms with E-state index in [1.54, 1.807) is 32.2 Å². The van der Waals surface area contributed by atoms with Gasteiger partial charge in [0.15, 0.2) is 0 Å². The maximum Gasteiger partial charge on any atom is 0.330 e. The normalized spacial score (nSPS) is 12.6. The summed E-state index contributed by atoms with van der Waals surface area (Å²) in [5.41, 5.74) is -0.334. The van der Waals surface area contributed by atoms with Crippen LogP contribution in [-0.4, -0.2) is 23.7 Å². The molecule has 1 aromatic heterocycles. The topological polar surface area (TPSA) is 76.1 Å². The zero-order valence-electron chi connectivity index (χ0n) is 10.5. The Morgan fingerprint density at radius 2 is 2.11 bits per heavy atom. The predicted molar refractivity (Wildman–Crippen MR) is 69.2 cm³/mol. The predicted octanol–water partition coefficient (Wildman–Crippen LogP) is 0.436. The van der Waals surface area contributed by atoms with Crippen LogP contribution in [0.5, 0.6) is 5.75 Å². The molecule has 0 bridgehead atoms. The summed E-state index contributed by atoms with van der Waals surface area (Å²) < 4.78 is 6.29. The molecule has 2 aromatic rings. The molecule has 1 unspecified atom stereocenters. The van der Waals surface area contributed by atoms with Crippen LogP contribution in [0.15, 0.2) is 27.8 Å². The lowest BCUT2D eigenvalue weighted by molar-refractivity contribution is 0.416. The van der Waals surface area contributed by atoms with Crippen molar-refractivity contribution in [2.24, 2.45) is 0 Å². The van der Waals surface area contributed by atoms with Crippen LogP contribution in [0.3, 0.4) is 0 Å². The van der Waals surface area contributed by atoms with Crippen molar-refractivity contribution in [1.29, 1.82) is 0 Å². The molecule has 2 rings (SSSR count). The van der Waals surface area contributed by atoms with Crippen molar-refractivity contribution < 1.29 is 4.74 Å². The summed E-state index contributed by atoms with van der Waals surface area (Å²) in [6.07, 6.45) is -0.393. The molecule has 0 spiro atoms. The fraction of sp³-hybridized carbons (Fsp3) is 0.333. The minimum atomic E-state index is -0.442. The van der Waals surface area contributed by atoms with Crippen molar-refractivity contribution >= 4 is 10.9 Å². The first-order valence-electron chi connectivity index (χ1n) is 5.59. The zero-order chi connectivity index (χ0) is 13.3. The smallest absolute Gasteiger partial charge is 0.330 e. The van der Waals surface area contributed by atoms with Gasteiger partial charge in [-0.15, -0.1) is 0 Å². The minimum absolute atomic E-state index is 0.368. The molecule has 0 radical (unpaired) electrons. The number of H-pyrrole nitrogens is 1. The molecule has 0 saturated heterocycles. The van der Waals surface area contributed by atoms with Crippen molar-refractivity contribution in [3.63, 3.8) is 0 Å². The van der Waals surface area contributed by atoms with E-state index in [0.29, 0.717) is 16.7 Å². The molecule has 18 heavy (non-hydrogen) atoms. The van der Waals surface area contributed by atoms with Gasteiger partial charge >= 0.3 is 5.69 Å². The first-order chi connectivity index (χ1) is 8.60. The van der Waals surface area contributed by atoms with Gasteiger partial charge in [0.2, 0.25) is 0 Å². The van der Waals surface area contributed by atoms with Gasteiger partial charge in [0, 0.05) is 0 Å². The largest absolute Gasteiger partial charge is 0.496 e. The van der Waals surface area contributed by atoms with Crippen LogP contribution in [0.1, 0.15) is 13.1 Å². The summed E-state index contributed by atoms with van der Waals surface area (Å²) in [7, 11) is 3.17. The van der Waals surface area contributed by atoms with E-state index in [1.807, 2.05) is 0 Å². The summed E-state index contributed by atoms with van der Waals surface area (Å²) in [4.78, 5) is 26.9. The molecule has 0 aliphatic heterocycles. The molecule has 0 amide bonds. The maximum atomic E-state index is 12.4. The Bertz CT molecular complexity index is 687. The monoisotopic (exact) mass is 249 g/mol. The lowest BCUT2D eigenvalue weighted by atomic mass is 10.2. The van der Waals surface area contributed by atoms with Crippen molar-refractivity contribution in [3.05, 3.63) is 39.0 Å². The molecule has 6 nitrogen and oxygen atoms in total. The number of hydrogen-bond donors (Lipinski definition) is 2. The first-order valence-corrected chi connectivity index (χ1v) is 5.59. The molecule has 6 heteroatoms. The minimum Gasteiger partial charge on any atom is -0.496 e. The second-order valence-electron chi connectivity index (χ2n) is 3.95. The lowest BCUT2D eigenvalue weighted by Crippen LogP contribution is -2.41. The molecule has 2 N–H and O–H groups in total. The van der Waals surface area contributed by atoms with Gasteiger partial charge in [0.1, 0.15) is 11.1 Å². The average molecular weight is 249 g/mol. The molecule has 0 fully saturated rings. The van der Waals surface area contributed by atoms with Gasteiger partial charge in [-0.25, -0.2) is 9.36 Å². The van der Waals surface area contributed by atoms with E-state index in [9.17, 15) is 9.59 Å². The van der Waals surface area contributed by atoms with Crippen molar-refractivity contribution in [3.8, 4) is 5.75 Å². The van der Waals surface area contributed by atoms with Crippen molar-refractivity contribution in [1.82, 2.24) is 14.9 Å². The summed E-state index contributed by atoms with van der Waals surface area (Å²) >= 11 is 0. The highest BCUT2D eigenvalue weighted by Gasteiger charge is 2.14. The van der Waals surface area contributed by atoms with Crippen LogP contribution >= 0.6 is 0 Å². The highest BCUT2D eigenvalue weighted by atomic mass is 16.5. The number of aromatic amines is 1. The van der Waals surface area contributed by atoms with E-state index in [0.717, 1.165) is 4.57 Å². The van der Waals surface area contributed by atoms with Gasteiger partial charge in [-0.3, -0.25) is 4.79 Å². The Labute approximate surface area is 103 Å². The summed E-state index contributed by atoms with van der Waals surface area (Å²) in [5.74, 6) is 0.450. The molecule has 1 aromatic carbocycles. The Balaban J connectivity index is 2.92. The van der Waals surface area contributed by atoms with Gasteiger partial charge < -0.3 is 15.0 Å². The number of aromatic nitrogens is 2. The van der Waals surface area contributed by atoms with Gasteiger partial charge in [0.05, 0.1) is 18.8 Å². The van der Waals surface area contributed by atoms with Crippen molar-refractivity contribution in [2.45, 2.75) is 13.1 Å². The molecule has 1 heterocycles. The third-order valence-electron chi connectivity index (χ3n) is 2.94. The Hall–Kier alpha value is -2.08. The number of methoxy groups -OCH3 is 1. The molecule has 96 valence electrons. The highest BCUT2D eigenvalue weighted by Crippen LogP contribution is 2.19. The first kappa shape index (κ1) is 12.4. The van der Waals surface area contributed by atoms with E-state index < -0.39 is 11.9 Å². The third-order valence-corrected chi connectivity index (χ3v) is 2.94. The summed E-state index contributed by atoms with van der Waals surface area (Å²) in [5, 5.41) is 3.24. The van der Waals surface area contributed by atoms with E-state index >= 15 is 0 Å². The van der Waals surface area contributed by atoms with Crippen LogP contribution < -0.4 is 21.3 Å². The molecule has 0 aliphatic rings. The maximum absolute atomic E-state index is 12.4. The van der Waals surface area contributed by atoms with Gasteiger partial charge in [0.25, 0.3) is 5.56 Å². The average Bonchev–Trinajstić information content (AvgIpc) is 2.37. The van der Waals surface area contributed by atoms with Crippen LogP contribution in [0.25, 0.3) is 10.9 Å². The highest BCUT2D eigenvalue weighted by molar-refractivity contribution is 5.83. The Kier molecular flexibility index (Phi) is 3.20.